The zero-order valence-corrected chi connectivity index (χ0v) is 13.4. The fraction of sp³-hybridized carbons (Fsp3) is 0.500. The Morgan fingerprint density at radius 1 is 1.42 bits per heavy atom. The third-order valence-corrected chi connectivity index (χ3v) is 3.93. The lowest BCUT2D eigenvalue weighted by molar-refractivity contribution is -0.126. The van der Waals surface area contributed by atoms with Gasteiger partial charge in [-0.15, -0.1) is 12.4 Å². The Bertz CT molecular complexity index is 404. The average Bonchev–Trinajstić information content (AvgIpc) is 2.40. The number of hydrogen-bond donors (Lipinski definition) is 2. The first-order chi connectivity index (χ1) is 8.66. The lowest BCUT2D eigenvalue weighted by Crippen LogP contribution is -2.41. The second kappa shape index (κ2) is 7.88. The van der Waals surface area contributed by atoms with Crippen LogP contribution in [0.25, 0.3) is 0 Å². The molecule has 2 N–H and O–H groups in total. The van der Waals surface area contributed by atoms with E-state index in [0.29, 0.717) is 0 Å². The third-order valence-electron chi connectivity index (χ3n) is 3.40. The monoisotopic (exact) mass is 346 g/mol. The van der Waals surface area contributed by atoms with E-state index in [9.17, 15) is 4.79 Å². The zero-order valence-electron chi connectivity index (χ0n) is 11.0. The van der Waals surface area contributed by atoms with Gasteiger partial charge >= 0.3 is 0 Å². The van der Waals surface area contributed by atoms with Gasteiger partial charge in [0.15, 0.2) is 0 Å². The molecule has 5 heteroatoms. The Hall–Kier alpha value is -0.580. The molecule has 0 aliphatic carbocycles. The van der Waals surface area contributed by atoms with Gasteiger partial charge in [-0.1, -0.05) is 28.1 Å². The van der Waals surface area contributed by atoms with Crippen LogP contribution in [0.4, 0.5) is 0 Å². The van der Waals surface area contributed by atoms with Gasteiger partial charge in [0.1, 0.15) is 0 Å². The number of hydrogen-bond acceptors (Lipinski definition) is 2. The number of benzene rings is 1. The van der Waals surface area contributed by atoms with Crippen LogP contribution in [0.15, 0.2) is 28.7 Å². The Labute approximate surface area is 129 Å². The molecule has 1 aliphatic heterocycles. The first kappa shape index (κ1) is 16.5. The molecule has 19 heavy (non-hydrogen) atoms. The minimum Gasteiger partial charge on any atom is -0.349 e. The average molecular weight is 348 g/mol. The summed E-state index contributed by atoms with van der Waals surface area (Å²) in [6.45, 7) is 3.86. The van der Waals surface area contributed by atoms with E-state index in [2.05, 4.69) is 26.6 Å². The van der Waals surface area contributed by atoms with E-state index < -0.39 is 0 Å². The fourth-order valence-electron chi connectivity index (χ4n) is 2.24. The van der Waals surface area contributed by atoms with Gasteiger partial charge in [0.25, 0.3) is 0 Å². The van der Waals surface area contributed by atoms with Crippen molar-refractivity contribution in [2.75, 3.05) is 13.1 Å². The maximum atomic E-state index is 12.1. The molecule has 0 bridgehead atoms. The van der Waals surface area contributed by atoms with E-state index >= 15 is 0 Å². The lowest BCUT2D eigenvalue weighted by atomic mass is 9.98. The van der Waals surface area contributed by atoms with Crippen LogP contribution in [-0.2, 0) is 4.79 Å². The predicted molar refractivity (Wildman–Crippen MR) is 83.5 cm³/mol. The molecular formula is C14H20BrClN2O. The first-order valence-corrected chi connectivity index (χ1v) is 7.22. The van der Waals surface area contributed by atoms with Gasteiger partial charge in [-0.3, -0.25) is 4.79 Å². The molecule has 106 valence electrons. The minimum absolute atomic E-state index is 0. The highest BCUT2D eigenvalue weighted by atomic mass is 79.9. The second-order valence-corrected chi connectivity index (χ2v) is 5.74. The summed E-state index contributed by atoms with van der Waals surface area (Å²) in [4.78, 5) is 12.1. The van der Waals surface area contributed by atoms with E-state index in [4.69, 9.17) is 0 Å². The van der Waals surface area contributed by atoms with Crippen molar-refractivity contribution < 1.29 is 4.79 Å². The molecule has 0 aromatic heterocycles. The highest BCUT2D eigenvalue weighted by molar-refractivity contribution is 9.10. The molecule has 2 rings (SSSR count). The van der Waals surface area contributed by atoms with E-state index in [1.165, 1.54) is 0 Å². The third kappa shape index (κ3) is 4.79. The van der Waals surface area contributed by atoms with E-state index in [-0.39, 0.29) is 30.3 Å². The van der Waals surface area contributed by atoms with Gasteiger partial charge in [0, 0.05) is 11.0 Å². The summed E-state index contributed by atoms with van der Waals surface area (Å²) in [6, 6.07) is 8.13. The molecule has 1 fully saturated rings. The summed E-state index contributed by atoms with van der Waals surface area (Å²) >= 11 is 3.41. The van der Waals surface area contributed by atoms with Crippen molar-refractivity contribution in [1.29, 1.82) is 0 Å². The van der Waals surface area contributed by atoms with Gasteiger partial charge in [-0.25, -0.2) is 0 Å². The molecule has 0 radical (unpaired) electrons. The van der Waals surface area contributed by atoms with Gasteiger partial charge < -0.3 is 10.6 Å². The largest absolute Gasteiger partial charge is 0.349 e. The number of carbonyl (C=O) groups excluding carboxylic acids is 1. The van der Waals surface area contributed by atoms with E-state index in [1.54, 1.807) is 0 Å². The van der Waals surface area contributed by atoms with Crippen LogP contribution < -0.4 is 10.6 Å². The van der Waals surface area contributed by atoms with Gasteiger partial charge in [0.2, 0.25) is 5.91 Å². The maximum absolute atomic E-state index is 12.1. The summed E-state index contributed by atoms with van der Waals surface area (Å²) in [5.41, 5.74) is 1.13. The summed E-state index contributed by atoms with van der Waals surface area (Å²) in [7, 11) is 0. The van der Waals surface area contributed by atoms with Gasteiger partial charge in [-0.2, -0.15) is 0 Å². The highest BCUT2D eigenvalue weighted by Crippen LogP contribution is 2.18. The molecular weight excluding hydrogens is 328 g/mol. The van der Waals surface area contributed by atoms with Crippen LogP contribution in [0.1, 0.15) is 31.4 Å². The molecule has 0 saturated carbocycles. The summed E-state index contributed by atoms with van der Waals surface area (Å²) in [5, 5.41) is 6.36. The molecule has 1 heterocycles. The molecule has 1 aliphatic rings. The summed E-state index contributed by atoms with van der Waals surface area (Å²) in [5.74, 6) is 0.286. The number of halogens is 2. The van der Waals surface area contributed by atoms with Crippen LogP contribution >= 0.6 is 28.3 Å². The quantitative estimate of drug-likeness (QED) is 0.882. The topological polar surface area (TPSA) is 41.1 Å². The molecule has 2 atom stereocenters. The van der Waals surface area contributed by atoms with Crippen LogP contribution in [0.2, 0.25) is 0 Å². The van der Waals surface area contributed by atoms with Gasteiger partial charge in [0.05, 0.1) is 12.0 Å². The smallest absolute Gasteiger partial charge is 0.224 e. The van der Waals surface area contributed by atoms with E-state index in [0.717, 1.165) is 36.0 Å². The lowest BCUT2D eigenvalue weighted by Gasteiger charge is -2.24. The van der Waals surface area contributed by atoms with Crippen molar-refractivity contribution >= 4 is 34.2 Å². The minimum atomic E-state index is 0. The standard InChI is InChI=1S/C14H19BrN2O.ClH/c1-10(11-4-6-13(15)7-5-11)17-14(18)12-3-2-8-16-9-12;/h4-7,10,12,16H,2-3,8-9H2,1H3,(H,17,18);1H/t10?,12-;/m1./s1. The van der Waals surface area contributed by atoms with E-state index in [1.807, 2.05) is 31.2 Å². The van der Waals surface area contributed by atoms with Crippen LogP contribution in [0.3, 0.4) is 0 Å². The summed E-state index contributed by atoms with van der Waals surface area (Å²) < 4.78 is 1.06. The number of amides is 1. The molecule has 0 spiro atoms. The second-order valence-electron chi connectivity index (χ2n) is 4.83. The Kier molecular flexibility index (Phi) is 6.83. The molecule has 1 saturated heterocycles. The number of piperidine rings is 1. The van der Waals surface area contributed by atoms with Crippen molar-refractivity contribution in [3.63, 3.8) is 0 Å². The van der Waals surface area contributed by atoms with Crippen molar-refractivity contribution in [2.24, 2.45) is 5.92 Å². The molecule has 1 aromatic rings. The van der Waals surface area contributed by atoms with Crippen LogP contribution in [0.5, 0.6) is 0 Å². The molecule has 1 amide bonds. The Morgan fingerprint density at radius 2 is 2.11 bits per heavy atom. The normalized spacial score (nSPS) is 20.2. The zero-order chi connectivity index (χ0) is 13.0. The number of rotatable bonds is 3. The maximum Gasteiger partial charge on any atom is 0.224 e. The van der Waals surface area contributed by atoms with Crippen molar-refractivity contribution in [2.45, 2.75) is 25.8 Å². The van der Waals surface area contributed by atoms with Gasteiger partial charge in [-0.05, 0) is 44.0 Å². The molecule has 1 aromatic carbocycles. The predicted octanol–water partition coefficient (Wildman–Crippen LogP) is 3.05. The number of nitrogens with one attached hydrogen (secondary N) is 2. The Morgan fingerprint density at radius 3 is 2.68 bits per heavy atom. The van der Waals surface area contributed by atoms with Crippen LogP contribution in [-0.4, -0.2) is 19.0 Å². The SMILES string of the molecule is CC(NC(=O)[C@@H]1CCCNC1)c1ccc(Br)cc1.Cl. The fourth-order valence-corrected chi connectivity index (χ4v) is 2.51. The molecule has 1 unspecified atom stereocenters. The van der Waals surface area contributed by atoms with Crippen LogP contribution in [0, 0.1) is 5.92 Å². The summed E-state index contributed by atoms with van der Waals surface area (Å²) in [6.07, 6.45) is 2.08. The first-order valence-electron chi connectivity index (χ1n) is 6.43. The van der Waals surface area contributed by atoms with Crippen molar-refractivity contribution in [3.8, 4) is 0 Å². The molecule has 3 nitrogen and oxygen atoms in total. The van der Waals surface area contributed by atoms with Crippen molar-refractivity contribution in [3.05, 3.63) is 34.3 Å². The van der Waals surface area contributed by atoms with Crippen molar-refractivity contribution in [1.82, 2.24) is 10.6 Å². The Balaban J connectivity index is 0.00000180. The number of carbonyl (C=O) groups is 1. The highest BCUT2D eigenvalue weighted by Gasteiger charge is 2.22.